The van der Waals surface area contributed by atoms with Gasteiger partial charge in [-0.25, -0.2) is 19.6 Å². The fourth-order valence-corrected chi connectivity index (χ4v) is 4.85. The number of carbonyl (C=O) groups excluding carboxylic acids is 2. The van der Waals surface area contributed by atoms with Crippen molar-refractivity contribution in [3.8, 4) is 11.1 Å². The Hall–Kier alpha value is -3.76. The van der Waals surface area contributed by atoms with Crippen molar-refractivity contribution >= 4 is 29.3 Å². The lowest BCUT2D eigenvalue weighted by molar-refractivity contribution is -0.159. The number of benzene rings is 2. The molecule has 0 atom stereocenters. The molecule has 0 bridgehead atoms. The second-order valence-corrected chi connectivity index (χ2v) is 8.75. The number of carboxylic acid groups (broad SMARTS) is 1. The van der Waals surface area contributed by atoms with Crippen molar-refractivity contribution in [2.24, 2.45) is 0 Å². The van der Waals surface area contributed by atoms with E-state index in [9.17, 15) is 14.4 Å². The number of nitrogens with one attached hydrogen (secondary N) is 1. The number of thiazole rings is 1. The minimum atomic E-state index is -1.19. The van der Waals surface area contributed by atoms with Gasteiger partial charge in [0.2, 0.25) is 0 Å². The minimum Gasteiger partial charge on any atom is -0.479 e. The Labute approximate surface area is 199 Å². The molecule has 0 aliphatic heterocycles. The van der Waals surface area contributed by atoms with Crippen LogP contribution in [-0.2, 0) is 20.9 Å². The molecule has 34 heavy (non-hydrogen) atoms. The van der Waals surface area contributed by atoms with E-state index in [1.807, 2.05) is 24.3 Å². The lowest BCUT2D eigenvalue weighted by Crippen LogP contribution is -2.29. The number of hydroxylamine groups is 2. The maximum Gasteiger partial charge on any atom is 0.407 e. The Morgan fingerprint density at radius 3 is 2.32 bits per heavy atom. The van der Waals surface area contributed by atoms with Crippen LogP contribution in [0.25, 0.3) is 11.1 Å². The lowest BCUT2D eigenvalue weighted by atomic mass is 9.98. The molecule has 1 heterocycles. The Kier molecular flexibility index (Phi) is 6.90. The maximum atomic E-state index is 12.4. The highest BCUT2D eigenvalue weighted by Gasteiger charge is 2.29. The third kappa shape index (κ3) is 4.92. The summed E-state index contributed by atoms with van der Waals surface area (Å²) in [5.41, 5.74) is 5.03. The molecule has 0 saturated carbocycles. The molecule has 10 heteroatoms. The number of nitrogens with zero attached hydrogens (tertiary/aromatic N) is 2. The number of ether oxygens (including phenoxy) is 1. The summed E-state index contributed by atoms with van der Waals surface area (Å²) in [6, 6.07) is 16.2. The molecule has 0 unspecified atom stereocenters. The van der Waals surface area contributed by atoms with Gasteiger partial charge in [-0.05, 0) is 29.2 Å². The molecule has 176 valence electrons. The predicted octanol–water partition coefficient (Wildman–Crippen LogP) is 3.58. The van der Waals surface area contributed by atoms with Crippen molar-refractivity contribution in [3.63, 3.8) is 0 Å². The van der Waals surface area contributed by atoms with Crippen LogP contribution in [0.3, 0.4) is 0 Å². The van der Waals surface area contributed by atoms with E-state index in [2.05, 4.69) is 34.6 Å². The van der Waals surface area contributed by atoms with Crippen LogP contribution in [0.5, 0.6) is 0 Å². The second kappa shape index (κ2) is 10.0. The summed E-state index contributed by atoms with van der Waals surface area (Å²) >= 11 is 1.10. The van der Waals surface area contributed by atoms with Gasteiger partial charge >= 0.3 is 12.1 Å². The first-order valence-electron chi connectivity index (χ1n) is 10.5. The molecule has 0 saturated heterocycles. The van der Waals surface area contributed by atoms with E-state index < -0.39 is 24.6 Å². The van der Waals surface area contributed by atoms with Crippen LogP contribution in [-0.4, -0.2) is 53.4 Å². The number of fused-ring (bicyclic) bond motifs is 3. The second-order valence-electron chi connectivity index (χ2n) is 7.67. The topological polar surface area (TPSA) is 118 Å². The molecule has 3 aromatic rings. The van der Waals surface area contributed by atoms with Crippen LogP contribution < -0.4 is 5.32 Å². The van der Waals surface area contributed by atoms with E-state index in [-0.39, 0.29) is 19.1 Å². The van der Waals surface area contributed by atoms with Gasteiger partial charge in [0, 0.05) is 13.0 Å². The Balaban J connectivity index is 1.33. The number of hydrogen-bond donors (Lipinski definition) is 2. The van der Waals surface area contributed by atoms with Gasteiger partial charge < -0.3 is 15.2 Å². The summed E-state index contributed by atoms with van der Waals surface area (Å²) in [4.78, 5) is 44.9. The van der Waals surface area contributed by atoms with Crippen LogP contribution in [0.1, 0.15) is 37.4 Å². The molecule has 2 aromatic carbocycles. The maximum absolute atomic E-state index is 12.4. The van der Waals surface area contributed by atoms with Crippen LogP contribution in [0, 0.1) is 6.92 Å². The molecule has 1 aromatic heterocycles. The number of amides is 2. The van der Waals surface area contributed by atoms with Gasteiger partial charge in [-0.2, -0.15) is 0 Å². The van der Waals surface area contributed by atoms with Crippen LogP contribution in [0.4, 0.5) is 4.79 Å². The van der Waals surface area contributed by atoms with Crippen molar-refractivity contribution in [2.45, 2.75) is 19.4 Å². The van der Waals surface area contributed by atoms with E-state index in [0.29, 0.717) is 15.6 Å². The number of rotatable bonds is 8. The molecule has 1 aliphatic carbocycles. The molecule has 2 amide bonds. The number of alkyl carbamates (subject to hydrolysis) is 1. The van der Waals surface area contributed by atoms with E-state index in [1.54, 1.807) is 6.92 Å². The summed E-state index contributed by atoms with van der Waals surface area (Å²) in [6.07, 6.45) is -0.579. The van der Waals surface area contributed by atoms with Gasteiger partial charge in [0.1, 0.15) is 16.5 Å². The molecule has 1 aliphatic rings. The number of hydrogen-bond acceptors (Lipinski definition) is 7. The van der Waals surface area contributed by atoms with E-state index >= 15 is 0 Å². The third-order valence-corrected chi connectivity index (χ3v) is 6.58. The zero-order valence-electron chi connectivity index (χ0n) is 18.6. The van der Waals surface area contributed by atoms with Crippen LogP contribution in [0.15, 0.2) is 48.5 Å². The average molecular weight is 482 g/mol. The molecule has 0 fully saturated rings. The summed E-state index contributed by atoms with van der Waals surface area (Å²) in [6.45, 7) is 1.32. The Morgan fingerprint density at radius 2 is 1.71 bits per heavy atom. The monoisotopic (exact) mass is 481 g/mol. The van der Waals surface area contributed by atoms with Gasteiger partial charge in [-0.3, -0.25) is 9.63 Å². The van der Waals surface area contributed by atoms with Crippen molar-refractivity contribution in [1.82, 2.24) is 15.4 Å². The van der Waals surface area contributed by atoms with Crippen LogP contribution >= 0.6 is 11.3 Å². The van der Waals surface area contributed by atoms with Gasteiger partial charge in [0.05, 0.1) is 12.2 Å². The molecule has 9 nitrogen and oxygen atoms in total. The summed E-state index contributed by atoms with van der Waals surface area (Å²) in [5.74, 6) is -1.73. The lowest BCUT2D eigenvalue weighted by Gasteiger charge is -2.14. The smallest absolute Gasteiger partial charge is 0.407 e. The van der Waals surface area contributed by atoms with Crippen LogP contribution in [0.2, 0.25) is 0 Å². The highest BCUT2D eigenvalue weighted by molar-refractivity contribution is 7.13. The van der Waals surface area contributed by atoms with Gasteiger partial charge in [0.15, 0.2) is 6.61 Å². The summed E-state index contributed by atoms with van der Waals surface area (Å²) in [7, 11) is 1.33. The molecular formula is C24H23N3O6S. The van der Waals surface area contributed by atoms with Crippen molar-refractivity contribution < 1.29 is 29.1 Å². The minimum absolute atomic E-state index is 0.0363. The largest absolute Gasteiger partial charge is 0.479 e. The van der Waals surface area contributed by atoms with Crippen molar-refractivity contribution in [2.75, 3.05) is 20.3 Å². The fourth-order valence-electron chi connectivity index (χ4n) is 3.88. The molecule has 0 radical (unpaired) electrons. The number of carbonyl (C=O) groups is 3. The van der Waals surface area contributed by atoms with Gasteiger partial charge in [-0.15, -0.1) is 11.3 Å². The number of aryl methyl sites for hydroxylation is 1. The summed E-state index contributed by atoms with van der Waals surface area (Å²) in [5, 5.41) is 12.7. The molecule has 0 spiro atoms. The third-order valence-electron chi connectivity index (χ3n) is 5.43. The van der Waals surface area contributed by atoms with E-state index in [1.165, 1.54) is 7.05 Å². The number of carboxylic acids is 1. The fraction of sp³-hybridized carbons (Fsp3) is 0.250. The SMILES string of the molecule is Cc1nc(CNC(=O)OCC2c3ccccc3-c3ccccc32)sc1C(=O)N(C)OCC(=O)O. The zero-order chi connectivity index (χ0) is 24.2. The molecule has 2 N–H and O–H groups in total. The van der Waals surface area contributed by atoms with E-state index in [4.69, 9.17) is 14.7 Å². The van der Waals surface area contributed by atoms with Crippen molar-refractivity contribution in [1.29, 1.82) is 0 Å². The number of aromatic nitrogens is 1. The predicted molar refractivity (Wildman–Crippen MR) is 124 cm³/mol. The van der Waals surface area contributed by atoms with Crippen molar-refractivity contribution in [3.05, 3.63) is 75.2 Å². The van der Waals surface area contributed by atoms with E-state index in [0.717, 1.165) is 38.7 Å². The zero-order valence-corrected chi connectivity index (χ0v) is 19.4. The summed E-state index contributed by atoms with van der Waals surface area (Å²) < 4.78 is 5.51. The standard InChI is InChI=1S/C24H23N3O6S/c1-14-22(23(30)27(2)33-13-21(28)29)34-20(26-14)11-25-24(31)32-12-19-17-9-5-3-7-15(17)16-8-4-6-10-18(16)19/h3-10,19H,11-13H2,1-2H3,(H,25,31)(H,28,29). The van der Waals surface area contributed by atoms with Gasteiger partial charge in [0.25, 0.3) is 5.91 Å². The Bertz CT molecular complexity index is 1200. The first kappa shape index (κ1) is 23.4. The molecular weight excluding hydrogens is 458 g/mol. The normalized spacial score (nSPS) is 12.1. The first-order chi connectivity index (χ1) is 16.3. The quantitative estimate of drug-likeness (QED) is 0.472. The number of aliphatic carboxylic acids is 1. The first-order valence-corrected chi connectivity index (χ1v) is 11.3. The van der Waals surface area contributed by atoms with Gasteiger partial charge in [-0.1, -0.05) is 48.5 Å². The molecule has 4 rings (SSSR count). The highest BCUT2D eigenvalue weighted by atomic mass is 32.1. The highest BCUT2D eigenvalue weighted by Crippen LogP contribution is 2.44. The average Bonchev–Trinajstić information content (AvgIpc) is 3.37. The Morgan fingerprint density at radius 1 is 1.09 bits per heavy atom.